The lowest BCUT2D eigenvalue weighted by atomic mass is 9.93. The third kappa shape index (κ3) is 3.13. The number of pyridine rings is 1. The molecule has 7 heteroatoms. The van der Waals surface area contributed by atoms with Crippen molar-refractivity contribution < 1.29 is 9.90 Å². The quantitative estimate of drug-likeness (QED) is 0.658. The van der Waals surface area contributed by atoms with Crippen LogP contribution >= 0.6 is 0 Å². The molecule has 0 atom stereocenters. The summed E-state index contributed by atoms with van der Waals surface area (Å²) in [4.78, 5) is 25.6. The van der Waals surface area contributed by atoms with Crippen LogP contribution in [0.5, 0.6) is 0 Å². The first kappa shape index (κ1) is 17.5. The van der Waals surface area contributed by atoms with Crippen LogP contribution in [0.25, 0.3) is 22.3 Å². The van der Waals surface area contributed by atoms with Gasteiger partial charge in [0.15, 0.2) is 0 Å². The van der Waals surface area contributed by atoms with Crippen molar-refractivity contribution in [2.45, 2.75) is 0 Å². The number of benzene rings is 2. The Hall–Kier alpha value is -4.36. The van der Waals surface area contributed by atoms with Crippen LogP contribution in [0, 0.1) is 22.7 Å². The maximum atomic E-state index is 12.1. The first-order valence-electron chi connectivity index (χ1n) is 7.76. The van der Waals surface area contributed by atoms with Gasteiger partial charge in [-0.2, -0.15) is 10.5 Å². The number of rotatable bonds is 3. The summed E-state index contributed by atoms with van der Waals surface area (Å²) >= 11 is 0. The van der Waals surface area contributed by atoms with Gasteiger partial charge in [0.1, 0.15) is 29.1 Å². The van der Waals surface area contributed by atoms with E-state index in [2.05, 4.69) is 4.98 Å². The Morgan fingerprint density at radius 3 is 2.19 bits per heavy atom. The molecule has 0 saturated heterocycles. The van der Waals surface area contributed by atoms with E-state index in [0.29, 0.717) is 16.7 Å². The van der Waals surface area contributed by atoms with Crippen LogP contribution in [0.4, 0.5) is 5.82 Å². The number of carboxylic acids is 1. The predicted octanol–water partition coefficient (Wildman–Crippen LogP) is 2.73. The van der Waals surface area contributed by atoms with Crippen molar-refractivity contribution in [2.75, 3.05) is 5.73 Å². The van der Waals surface area contributed by atoms with E-state index in [1.165, 1.54) is 12.1 Å². The maximum absolute atomic E-state index is 12.1. The Morgan fingerprint density at radius 2 is 1.56 bits per heavy atom. The number of anilines is 1. The number of hydrogen-bond acceptors (Lipinski definition) is 5. The second kappa shape index (κ2) is 6.87. The van der Waals surface area contributed by atoms with E-state index in [-0.39, 0.29) is 28.1 Å². The molecule has 2 aromatic carbocycles. The van der Waals surface area contributed by atoms with Crippen LogP contribution in [0.2, 0.25) is 0 Å². The summed E-state index contributed by atoms with van der Waals surface area (Å²) in [5, 5.41) is 28.0. The number of nitrogens with two attached hydrogens (primary N) is 1. The van der Waals surface area contributed by atoms with Gasteiger partial charge in [-0.25, -0.2) is 4.79 Å². The van der Waals surface area contributed by atoms with Gasteiger partial charge >= 0.3 is 5.97 Å². The molecule has 0 radical (unpaired) electrons. The fourth-order valence-electron chi connectivity index (χ4n) is 2.82. The molecular formula is C20H12N4O3. The molecule has 0 spiro atoms. The molecule has 0 amide bonds. The van der Waals surface area contributed by atoms with Gasteiger partial charge in [-0.3, -0.25) is 4.79 Å². The smallest absolute Gasteiger partial charge is 0.335 e. The topological polar surface area (TPSA) is 144 Å². The number of nitrogen functional groups attached to an aromatic ring is 1. The fourth-order valence-corrected chi connectivity index (χ4v) is 2.82. The Morgan fingerprint density at radius 1 is 0.963 bits per heavy atom. The van der Waals surface area contributed by atoms with Gasteiger partial charge in [0, 0.05) is 5.56 Å². The van der Waals surface area contributed by atoms with E-state index in [9.17, 15) is 20.1 Å². The summed E-state index contributed by atoms with van der Waals surface area (Å²) in [5.74, 6) is -1.16. The van der Waals surface area contributed by atoms with Gasteiger partial charge in [0.2, 0.25) is 0 Å². The monoisotopic (exact) mass is 356 g/mol. The highest BCUT2D eigenvalue weighted by molar-refractivity contribution is 5.90. The molecule has 130 valence electrons. The summed E-state index contributed by atoms with van der Waals surface area (Å²) < 4.78 is 0. The van der Waals surface area contributed by atoms with E-state index >= 15 is 0 Å². The van der Waals surface area contributed by atoms with Crippen molar-refractivity contribution >= 4 is 11.8 Å². The first-order chi connectivity index (χ1) is 13.0. The molecule has 0 bridgehead atoms. The number of carbonyl (C=O) groups is 1. The summed E-state index contributed by atoms with van der Waals surface area (Å²) in [5.41, 5.74) is 6.91. The van der Waals surface area contributed by atoms with Crippen LogP contribution in [0.1, 0.15) is 21.5 Å². The zero-order valence-electron chi connectivity index (χ0n) is 13.9. The third-order valence-electron chi connectivity index (χ3n) is 4.06. The van der Waals surface area contributed by atoms with Gasteiger partial charge in [0.05, 0.1) is 5.56 Å². The molecule has 27 heavy (non-hydrogen) atoms. The van der Waals surface area contributed by atoms with Crippen LogP contribution in [0.15, 0.2) is 53.3 Å². The van der Waals surface area contributed by atoms with Gasteiger partial charge in [-0.1, -0.05) is 30.3 Å². The Balaban J connectivity index is 2.26. The molecule has 0 aliphatic carbocycles. The Kier molecular flexibility index (Phi) is 4.44. The van der Waals surface area contributed by atoms with Crippen LogP contribution in [0.3, 0.4) is 0 Å². The molecule has 1 heterocycles. The number of aromatic amines is 1. The number of nitriles is 2. The minimum atomic E-state index is -1.05. The Bertz CT molecular complexity index is 1210. The normalized spacial score (nSPS) is 10.0. The summed E-state index contributed by atoms with van der Waals surface area (Å²) in [6.07, 6.45) is 0. The van der Waals surface area contributed by atoms with Gasteiger partial charge in [-0.05, 0) is 34.9 Å². The van der Waals surface area contributed by atoms with Crippen molar-refractivity contribution in [1.29, 1.82) is 10.5 Å². The van der Waals surface area contributed by atoms with Gasteiger partial charge < -0.3 is 15.8 Å². The zero-order valence-corrected chi connectivity index (χ0v) is 13.9. The molecule has 1 aromatic heterocycles. The molecule has 4 N–H and O–H groups in total. The van der Waals surface area contributed by atoms with E-state index in [1.54, 1.807) is 36.4 Å². The number of nitrogens with zero attached hydrogens (tertiary/aromatic N) is 2. The molecule has 0 unspecified atom stereocenters. The molecule has 0 aliphatic heterocycles. The van der Waals surface area contributed by atoms with E-state index in [0.717, 1.165) is 0 Å². The average molecular weight is 356 g/mol. The summed E-state index contributed by atoms with van der Waals surface area (Å²) in [6.45, 7) is 0. The number of aromatic nitrogens is 1. The lowest BCUT2D eigenvalue weighted by Gasteiger charge is -2.11. The van der Waals surface area contributed by atoms with Gasteiger partial charge in [-0.15, -0.1) is 0 Å². The van der Waals surface area contributed by atoms with Crippen molar-refractivity contribution in [3.05, 3.63) is 75.6 Å². The van der Waals surface area contributed by atoms with Crippen LogP contribution < -0.4 is 11.3 Å². The summed E-state index contributed by atoms with van der Waals surface area (Å²) in [7, 11) is 0. The number of hydrogen-bond donors (Lipinski definition) is 3. The fraction of sp³-hybridized carbons (Fsp3) is 0. The first-order valence-corrected chi connectivity index (χ1v) is 7.76. The number of H-pyrrole nitrogens is 1. The van der Waals surface area contributed by atoms with E-state index < -0.39 is 11.5 Å². The van der Waals surface area contributed by atoms with E-state index in [4.69, 9.17) is 10.8 Å². The van der Waals surface area contributed by atoms with E-state index in [1.807, 2.05) is 12.1 Å². The second-order valence-electron chi connectivity index (χ2n) is 5.68. The lowest BCUT2D eigenvalue weighted by molar-refractivity contribution is 0.0697. The molecule has 0 aliphatic rings. The van der Waals surface area contributed by atoms with Crippen molar-refractivity contribution in [3.8, 4) is 34.4 Å². The minimum absolute atomic E-state index is 0.00240. The molecular weight excluding hydrogens is 344 g/mol. The molecule has 0 saturated carbocycles. The third-order valence-corrected chi connectivity index (χ3v) is 4.06. The highest BCUT2D eigenvalue weighted by Gasteiger charge is 2.18. The van der Waals surface area contributed by atoms with Crippen molar-refractivity contribution in [2.24, 2.45) is 0 Å². The maximum Gasteiger partial charge on any atom is 0.335 e. The number of carboxylic acid groups (broad SMARTS) is 1. The molecule has 3 rings (SSSR count). The summed E-state index contributed by atoms with van der Waals surface area (Å²) in [6, 6.07) is 16.9. The van der Waals surface area contributed by atoms with Crippen LogP contribution in [-0.4, -0.2) is 16.1 Å². The molecule has 3 aromatic rings. The minimum Gasteiger partial charge on any atom is -0.478 e. The van der Waals surface area contributed by atoms with Crippen molar-refractivity contribution in [3.63, 3.8) is 0 Å². The second-order valence-corrected chi connectivity index (χ2v) is 5.68. The van der Waals surface area contributed by atoms with Crippen molar-refractivity contribution in [1.82, 2.24) is 4.98 Å². The Labute approximate surface area is 153 Å². The SMILES string of the molecule is N#Cc1c(N)[nH]c(=O)c(C#N)c1-c1cccc(-c2cccc(C(=O)O)c2)c1. The largest absolute Gasteiger partial charge is 0.478 e. The average Bonchev–Trinajstić information content (AvgIpc) is 2.67. The molecule has 7 nitrogen and oxygen atoms in total. The van der Waals surface area contributed by atoms with Crippen LogP contribution in [-0.2, 0) is 0 Å². The number of aromatic carboxylic acids is 1. The molecule has 0 fully saturated rings. The lowest BCUT2D eigenvalue weighted by Crippen LogP contribution is -2.16. The predicted molar refractivity (Wildman–Crippen MR) is 98.7 cm³/mol. The highest BCUT2D eigenvalue weighted by Crippen LogP contribution is 2.31. The highest BCUT2D eigenvalue weighted by atomic mass is 16.4. The standard InChI is InChI=1S/C20H12N4O3/c21-9-15-17(16(10-22)19(25)24-18(15)23)13-5-1-3-11(7-13)12-4-2-6-14(8-12)20(26)27/h1-8H,(H,26,27)(H3,23,24,25). The number of nitrogens with one attached hydrogen (secondary N) is 1. The zero-order chi connectivity index (χ0) is 19.6. The van der Waals surface area contributed by atoms with Gasteiger partial charge in [0.25, 0.3) is 5.56 Å².